The molecule has 3 N–H and O–H groups in total. The lowest BCUT2D eigenvalue weighted by Gasteiger charge is -2.45. The summed E-state index contributed by atoms with van der Waals surface area (Å²) >= 11 is 0. The van der Waals surface area contributed by atoms with Crippen LogP contribution in [0.25, 0.3) is 0 Å². The van der Waals surface area contributed by atoms with Crippen LogP contribution >= 0.6 is 0 Å². The first kappa shape index (κ1) is 13.2. The van der Waals surface area contributed by atoms with E-state index in [-0.39, 0.29) is 12.1 Å². The molecule has 1 saturated heterocycles. The lowest BCUT2D eigenvalue weighted by atomic mass is 9.81. The highest BCUT2D eigenvalue weighted by Crippen LogP contribution is 2.35. The van der Waals surface area contributed by atoms with Crippen molar-refractivity contribution in [2.24, 2.45) is 5.92 Å². The number of rotatable bonds is 2. The monoisotopic (exact) mass is 274 g/mol. The van der Waals surface area contributed by atoms with Gasteiger partial charge in [0, 0.05) is 37.3 Å². The van der Waals surface area contributed by atoms with Gasteiger partial charge in [-0.05, 0) is 37.5 Å². The Hall–Kier alpha value is -1.75. The Kier molecular flexibility index (Phi) is 3.30. The van der Waals surface area contributed by atoms with Gasteiger partial charge < -0.3 is 10.6 Å². The number of piperidine rings is 1. The molecule has 108 valence electrons. The quantitative estimate of drug-likeness (QED) is 0.703. The van der Waals surface area contributed by atoms with Crippen LogP contribution in [0.4, 0.5) is 0 Å². The van der Waals surface area contributed by atoms with Crippen molar-refractivity contribution < 1.29 is 4.79 Å². The Bertz CT molecular complexity index is 518. The maximum absolute atomic E-state index is 11.6. The molecule has 5 nitrogen and oxygen atoms in total. The lowest BCUT2D eigenvalue weighted by Crippen LogP contribution is -2.57. The molecule has 0 bridgehead atoms. The number of hydrazine groups is 1. The maximum atomic E-state index is 11.6. The summed E-state index contributed by atoms with van der Waals surface area (Å²) in [6.07, 6.45) is 7.01. The normalized spacial score (nSPS) is 28.7. The van der Waals surface area contributed by atoms with Gasteiger partial charge >= 0.3 is 0 Å². The standard InChI is InChI=1S/C15H22N4O/c1-9(2)18-19-8-11-5-14(20)16-7-13(11)12-4-10(3)6-17-15(12)19/h4,6,8-9,13,15,17-18H,5,7H2,1-3H3,(H,16,20). The van der Waals surface area contributed by atoms with Gasteiger partial charge in [-0.2, -0.15) is 0 Å². The highest BCUT2D eigenvalue weighted by molar-refractivity contribution is 5.80. The molecule has 0 aromatic rings. The molecule has 20 heavy (non-hydrogen) atoms. The average Bonchev–Trinajstić information content (AvgIpc) is 2.37. The Labute approximate surface area is 119 Å². The molecular weight excluding hydrogens is 252 g/mol. The van der Waals surface area contributed by atoms with Crippen LogP contribution in [-0.2, 0) is 4.79 Å². The number of fused-ring (bicyclic) bond motifs is 3. The summed E-state index contributed by atoms with van der Waals surface area (Å²) in [7, 11) is 0. The molecule has 2 atom stereocenters. The molecule has 0 radical (unpaired) electrons. The lowest BCUT2D eigenvalue weighted by molar-refractivity contribution is -0.121. The zero-order valence-corrected chi connectivity index (χ0v) is 12.2. The van der Waals surface area contributed by atoms with Crippen molar-refractivity contribution in [3.63, 3.8) is 0 Å². The Morgan fingerprint density at radius 1 is 1.45 bits per heavy atom. The SMILES string of the molecule is CC1=CNC2C(=C1)C1CNC(=O)CC1=CN2NC(C)C. The van der Waals surface area contributed by atoms with Crippen molar-refractivity contribution in [3.05, 3.63) is 35.2 Å². The molecule has 3 aliphatic heterocycles. The average molecular weight is 274 g/mol. The smallest absolute Gasteiger partial charge is 0.224 e. The molecule has 1 amide bonds. The van der Waals surface area contributed by atoms with Crippen molar-refractivity contribution in [1.29, 1.82) is 0 Å². The number of dihydropyridines is 1. The van der Waals surface area contributed by atoms with Gasteiger partial charge in [-0.1, -0.05) is 6.08 Å². The molecule has 3 rings (SSSR count). The van der Waals surface area contributed by atoms with Crippen molar-refractivity contribution in [3.8, 4) is 0 Å². The number of hydrogen-bond donors (Lipinski definition) is 3. The summed E-state index contributed by atoms with van der Waals surface area (Å²) in [5.41, 5.74) is 7.18. The Balaban J connectivity index is 1.96. The Morgan fingerprint density at radius 2 is 2.25 bits per heavy atom. The van der Waals surface area contributed by atoms with Gasteiger partial charge in [0.1, 0.15) is 6.17 Å². The summed E-state index contributed by atoms with van der Waals surface area (Å²) in [4.78, 5) is 11.6. The largest absolute Gasteiger partial charge is 0.366 e. The molecular formula is C15H22N4O. The van der Waals surface area contributed by atoms with Crippen LogP contribution in [0, 0.1) is 5.92 Å². The van der Waals surface area contributed by atoms with Crippen LogP contribution < -0.4 is 16.1 Å². The number of allylic oxidation sites excluding steroid dienone is 2. The van der Waals surface area contributed by atoms with E-state index in [0.29, 0.717) is 24.9 Å². The van der Waals surface area contributed by atoms with Gasteiger partial charge in [-0.3, -0.25) is 9.80 Å². The molecule has 1 fully saturated rings. The molecule has 0 aliphatic carbocycles. The predicted molar refractivity (Wildman–Crippen MR) is 78.1 cm³/mol. The van der Waals surface area contributed by atoms with Crippen molar-refractivity contribution in [2.75, 3.05) is 6.54 Å². The molecule has 0 spiro atoms. The highest BCUT2D eigenvalue weighted by Gasteiger charge is 2.37. The Morgan fingerprint density at radius 3 is 3.00 bits per heavy atom. The minimum absolute atomic E-state index is 0.118. The third kappa shape index (κ3) is 2.33. The first-order valence-electron chi connectivity index (χ1n) is 7.20. The van der Waals surface area contributed by atoms with Crippen molar-refractivity contribution in [1.82, 2.24) is 21.1 Å². The number of hydrogen-bond acceptors (Lipinski definition) is 4. The highest BCUT2D eigenvalue weighted by atomic mass is 16.1. The van der Waals surface area contributed by atoms with E-state index in [2.05, 4.69) is 54.1 Å². The van der Waals surface area contributed by atoms with Crippen molar-refractivity contribution in [2.45, 2.75) is 39.4 Å². The van der Waals surface area contributed by atoms with E-state index in [1.807, 2.05) is 6.20 Å². The van der Waals surface area contributed by atoms with Crippen LogP contribution in [0.2, 0.25) is 0 Å². The first-order valence-corrected chi connectivity index (χ1v) is 7.20. The zero-order valence-electron chi connectivity index (χ0n) is 12.2. The summed E-state index contributed by atoms with van der Waals surface area (Å²) < 4.78 is 0. The van der Waals surface area contributed by atoms with Gasteiger partial charge in [-0.15, -0.1) is 0 Å². The van der Waals surface area contributed by atoms with Gasteiger partial charge in [-0.25, -0.2) is 5.43 Å². The van der Waals surface area contributed by atoms with E-state index in [4.69, 9.17) is 0 Å². The molecule has 5 heteroatoms. The summed E-state index contributed by atoms with van der Waals surface area (Å²) in [6, 6.07) is 0.343. The third-order valence-corrected chi connectivity index (χ3v) is 3.89. The number of nitrogens with zero attached hydrogens (tertiary/aromatic N) is 1. The number of carbonyl (C=O) groups is 1. The number of amides is 1. The molecule has 2 unspecified atom stereocenters. The molecule has 0 aromatic carbocycles. The molecule has 0 aromatic heterocycles. The molecule has 3 heterocycles. The maximum Gasteiger partial charge on any atom is 0.224 e. The fourth-order valence-corrected chi connectivity index (χ4v) is 3.07. The fourth-order valence-electron chi connectivity index (χ4n) is 3.07. The third-order valence-electron chi connectivity index (χ3n) is 3.89. The fraction of sp³-hybridized carbons (Fsp3) is 0.533. The predicted octanol–water partition coefficient (Wildman–Crippen LogP) is 0.994. The second kappa shape index (κ2) is 4.98. The van der Waals surface area contributed by atoms with E-state index in [1.165, 1.54) is 16.7 Å². The topological polar surface area (TPSA) is 56.4 Å². The van der Waals surface area contributed by atoms with Crippen LogP contribution in [0.3, 0.4) is 0 Å². The zero-order chi connectivity index (χ0) is 14.3. The minimum Gasteiger partial charge on any atom is -0.366 e. The van der Waals surface area contributed by atoms with Gasteiger partial charge in [0.15, 0.2) is 0 Å². The van der Waals surface area contributed by atoms with E-state index >= 15 is 0 Å². The summed E-state index contributed by atoms with van der Waals surface area (Å²) in [5.74, 6) is 0.436. The van der Waals surface area contributed by atoms with Crippen molar-refractivity contribution >= 4 is 5.91 Å². The second-order valence-electron chi connectivity index (χ2n) is 6.03. The van der Waals surface area contributed by atoms with E-state index in [0.717, 1.165) is 0 Å². The van der Waals surface area contributed by atoms with Crippen LogP contribution in [0.1, 0.15) is 27.2 Å². The molecule has 3 aliphatic rings. The van der Waals surface area contributed by atoms with E-state index < -0.39 is 0 Å². The first-order chi connectivity index (χ1) is 9.54. The van der Waals surface area contributed by atoms with Crippen LogP contribution in [-0.4, -0.2) is 29.7 Å². The van der Waals surface area contributed by atoms with Gasteiger partial charge in [0.25, 0.3) is 0 Å². The van der Waals surface area contributed by atoms with Gasteiger partial charge in [0.05, 0.1) is 0 Å². The second-order valence-corrected chi connectivity index (χ2v) is 6.03. The van der Waals surface area contributed by atoms with E-state index in [9.17, 15) is 4.79 Å². The number of nitrogens with one attached hydrogen (secondary N) is 3. The van der Waals surface area contributed by atoms with Gasteiger partial charge in [0.2, 0.25) is 5.91 Å². The summed E-state index contributed by atoms with van der Waals surface area (Å²) in [6.45, 7) is 7.03. The molecule has 0 saturated carbocycles. The minimum atomic E-state index is 0.118. The van der Waals surface area contributed by atoms with E-state index in [1.54, 1.807) is 0 Å². The summed E-state index contributed by atoms with van der Waals surface area (Å²) in [5, 5.41) is 8.53. The number of carbonyl (C=O) groups excluding carboxylic acids is 1. The van der Waals surface area contributed by atoms with Crippen LogP contribution in [0.5, 0.6) is 0 Å². The van der Waals surface area contributed by atoms with Crippen LogP contribution in [0.15, 0.2) is 35.2 Å².